The van der Waals surface area contributed by atoms with Crippen molar-refractivity contribution in [3.63, 3.8) is 0 Å². The molecule has 1 rings (SSSR count). The van der Waals surface area contributed by atoms with Gasteiger partial charge in [0.05, 0.1) is 6.10 Å². The Morgan fingerprint density at radius 1 is 1.56 bits per heavy atom. The van der Waals surface area contributed by atoms with Crippen molar-refractivity contribution < 1.29 is 14.6 Å². The summed E-state index contributed by atoms with van der Waals surface area (Å²) in [5.41, 5.74) is 0.663. The van der Waals surface area contributed by atoms with Gasteiger partial charge >= 0.3 is 0 Å². The highest BCUT2D eigenvalue weighted by Crippen LogP contribution is 2.28. The molecule has 1 amide bonds. The molecule has 0 saturated heterocycles. The third kappa shape index (κ3) is 3.99. The lowest BCUT2D eigenvalue weighted by Gasteiger charge is -2.17. The summed E-state index contributed by atoms with van der Waals surface area (Å²) in [7, 11) is 1.73. The van der Waals surface area contributed by atoms with Crippen LogP contribution in [0.1, 0.15) is 25.5 Å². The Morgan fingerprint density at radius 3 is 2.78 bits per heavy atom. The van der Waals surface area contributed by atoms with Gasteiger partial charge in [0.2, 0.25) is 0 Å². The molecule has 5 heteroatoms. The van der Waals surface area contributed by atoms with E-state index in [9.17, 15) is 9.90 Å². The second-order valence-electron chi connectivity index (χ2n) is 4.05. The number of benzene rings is 1. The number of aliphatic hydroxyl groups excluding tert-OH is 1. The van der Waals surface area contributed by atoms with E-state index in [1.54, 1.807) is 31.0 Å². The highest BCUT2D eigenvalue weighted by molar-refractivity contribution is 9.10. The first kappa shape index (κ1) is 15.0. The first-order valence-corrected chi connectivity index (χ1v) is 6.59. The average molecular weight is 316 g/mol. The maximum atomic E-state index is 11.6. The van der Waals surface area contributed by atoms with E-state index in [4.69, 9.17) is 4.74 Å². The fraction of sp³-hybridized carbons (Fsp3) is 0.462. The predicted octanol–water partition coefficient (Wildman–Crippen LogP) is 2.36. The Labute approximate surface area is 116 Å². The van der Waals surface area contributed by atoms with Gasteiger partial charge in [0, 0.05) is 23.6 Å². The molecule has 0 fully saturated rings. The number of hydrogen-bond donors (Lipinski definition) is 1. The zero-order valence-corrected chi connectivity index (χ0v) is 12.4. The molecule has 0 unspecified atom stereocenters. The lowest BCUT2D eigenvalue weighted by molar-refractivity contribution is -0.131. The summed E-state index contributed by atoms with van der Waals surface area (Å²) in [4.78, 5) is 13.2. The van der Waals surface area contributed by atoms with Crippen molar-refractivity contribution in [2.45, 2.75) is 20.0 Å². The summed E-state index contributed by atoms with van der Waals surface area (Å²) in [6.45, 7) is 4.19. The highest BCUT2D eigenvalue weighted by atomic mass is 79.9. The Hall–Kier alpha value is -1.07. The Bertz CT molecular complexity index is 421. The minimum Gasteiger partial charge on any atom is -0.483 e. The molecule has 100 valence electrons. The molecule has 0 aromatic heterocycles. The minimum atomic E-state index is -0.642. The molecule has 1 N–H and O–H groups in total. The largest absolute Gasteiger partial charge is 0.483 e. The number of ether oxygens (including phenoxy) is 1. The van der Waals surface area contributed by atoms with E-state index in [-0.39, 0.29) is 12.5 Å². The Morgan fingerprint density at radius 2 is 2.22 bits per heavy atom. The molecule has 0 heterocycles. The number of carbonyl (C=O) groups excluding carboxylic acids is 1. The van der Waals surface area contributed by atoms with E-state index in [1.165, 1.54) is 0 Å². The third-order valence-electron chi connectivity index (χ3n) is 2.67. The zero-order valence-electron chi connectivity index (χ0n) is 10.8. The van der Waals surface area contributed by atoms with Gasteiger partial charge in [-0.2, -0.15) is 0 Å². The summed E-state index contributed by atoms with van der Waals surface area (Å²) in [5.74, 6) is 0.447. The Balaban J connectivity index is 2.76. The first-order valence-electron chi connectivity index (χ1n) is 5.80. The second kappa shape index (κ2) is 6.75. The van der Waals surface area contributed by atoms with Gasteiger partial charge < -0.3 is 14.7 Å². The maximum absolute atomic E-state index is 11.6. The van der Waals surface area contributed by atoms with Crippen LogP contribution in [0.3, 0.4) is 0 Å². The lowest BCUT2D eigenvalue weighted by Crippen LogP contribution is -2.31. The van der Waals surface area contributed by atoms with Crippen LogP contribution in [0, 0.1) is 0 Å². The van der Waals surface area contributed by atoms with Crippen molar-refractivity contribution in [3.8, 4) is 5.75 Å². The van der Waals surface area contributed by atoms with Crippen molar-refractivity contribution >= 4 is 21.8 Å². The highest BCUT2D eigenvalue weighted by Gasteiger charge is 2.12. The number of halogens is 1. The normalized spacial score (nSPS) is 12.1. The molecule has 0 saturated carbocycles. The smallest absolute Gasteiger partial charge is 0.260 e. The van der Waals surface area contributed by atoms with Gasteiger partial charge in [-0.15, -0.1) is 0 Å². The molecular weight excluding hydrogens is 298 g/mol. The van der Waals surface area contributed by atoms with Crippen LogP contribution in [0.25, 0.3) is 0 Å². The summed E-state index contributed by atoms with van der Waals surface area (Å²) >= 11 is 3.34. The van der Waals surface area contributed by atoms with Crippen molar-refractivity contribution in [1.82, 2.24) is 4.90 Å². The van der Waals surface area contributed by atoms with E-state index in [0.29, 0.717) is 17.9 Å². The van der Waals surface area contributed by atoms with E-state index < -0.39 is 6.10 Å². The summed E-state index contributed by atoms with van der Waals surface area (Å²) in [5, 5.41) is 9.65. The van der Waals surface area contributed by atoms with Gasteiger partial charge in [-0.25, -0.2) is 0 Å². The molecular formula is C13H18BrNO3. The van der Waals surface area contributed by atoms with Crippen LogP contribution in [-0.4, -0.2) is 36.1 Å². The van der Waals surface area contributed by atoms with E-state index in [2.05, 4.69) is 15.9 Å². The topological polar surface area (TPSA) is 49.8 Å². The third-order valence-corrected chi connectivity index (χ3v) is 3.17. The molecule has 1 atom stereocenters. The van der Waals surface area contributed by atoms with Gasteiger partial charge in [-0.05, 0) is 32.0 Å². The van der Waals surface area contributed by atoms with Crippen LogP contribution in [0.5, 0.6) is 5.75 Å². The number of rotatable bonds is 5. The number of amides is 1. The van der Waals surface area contributed by atoms with Gasteiger partial charge in [0.15, 0.2) is 6.61 Å². The fourth-order valence-corrected chi connectivity index (χ4v) is 1.78. The molecule has 1 aromatic carbocycles. The van der Waals surface area contributed by atoms with Crippen molar-refractivity contribution in [2.75, 3.05) is 20.2 Å². The van der Waals surface area contributed by atoms with Crippen molar-refractivity contribution in [2.24, 2.45) is 0 Å². The molecule has 0 bridgehead atoms. The van der Waals surface area contributed by atoms with Crippen LogP contribution < -0.4 is 4.74 Å². The number of carbonyl (C=O) groups is 1. The quantitative estimate of drug-likeness (QED) is 0.907. The standard InChI is InChI=1S/C13H18BrNO3/c1-4-15(3)13(17)8-18-12-6-5-10(14)7-11(12)9(2)16/h5-7,9,16H,4,8H2,1-3H3/t9-/m1/s1. The number of hydrogen-bond acceptors (Lipinski definition) is 3. The molecule has 0 aliphatic heterocycles. The van der Waals surface area contributed by atoms with E-state index in [1.807, 2.05) is 13.0 Å². The summed E-state index contributed by atoms with van der Waals surface area (Å²) < 4.78 is 6.33. The SMILES string of the molecule is CCN(C)C(=O)COc1ccc(Br)cc1[C@@H](C)O. The van der Waals surface area contributed by atoms with Crippen LogP contribution in [-0.2, 0) is 4.79 Å². The lowest BCUT2D eigenvalue weighted by atomic mass is 10.1. The Kier molecular flexibility index (Phi) is 5.62. The summed E-state index contributed by atoms with van der Waals surface area (Å²) in [6, 6.07) is 5.34. The van der Waals surface area contributed by atoms with Crippen LogP contribution in [0.15, 0.2) is 22.7 Å². The first-order chi connectivity index (χ1) is 8.45. The fourth-order valence-electron chi connectivity index (χ4n) is 1.40. The summed E-state index contributed by atoms with van der Waals surface area (Å²) in [6.07, 6.45) is -0.642. The molecule has 0 aliphatic carbocycles. The molecule has 4 nitrogen and oxygen atoms in total. The minimum absolute atomic E-state index is 0.0221. The predicted molar refractivity (Wildman–Crippen MR) is 73.6 cm³/mol. The zero-order chi connectivity index (χ0) is 13.7. The van der Waals surface area contributed by atoms with Crippen molar-refractivity contribution in [1.29, 1.82) is 0 Å². The number of nitrogens with zero attached hydrogens (tertiary/aromatic N) is 1. The van der Waals surface area contributed by atoms with E-state index in [0.717, 1.165) is 4.47 Å². The van der Waals surface area contributed by atoms with Crippen LogP contribution >= 0.6 is 15.9 Å². The van der Waals surface area contributed by atoms with E-state index >= 15 is 0 Å². The average Bonchev–Trinajstić information content (AvgIpc) is 2.35. The molecule has 18 heavy (non-hydrogen) atoms. The number of aliphatic hydroxyl groups is 1. The second-order valence-corrected chi connectivity index (χ2v) is 4.97. The molecule has 0 spiro atoms. The van der Waals surface area contributed by atoms with Crippen LogP contribution in [0.4, 0.5) is 0 Å². The molecule has 0 aliphatic rings. The maximum Gasteiger partial charge on any atom is 0.260 e. The van der Waals surface area contributed by atoms with Crippen molar-refractivity contribution in [3.05, 3.63) is 28.2 Å². The number of likely N-dealkylation sites (N-methyl/N-ethyl adjacent to an activating group) is 1. The van der Waals surface area contributed by atoms with Gasteiger partial charge in [-0.3, -0.25) is 4.79 Å². The van der Waals surface area contributed by atoms with Gasteiger partial charge in [-0.1, -0.05) is 15.9 Å². The molecule has 0 radical (unpaired) electrons. The molecule has 1 aromatic rings. The monoisotopic (exact) mass is 315 g/mol. The van der Waals surface area contributed by atoms with Crippen LogP contribution in [0.2, 0.25) is 0 Å². The van der Waals surface area contributed by atoms with Gasteiger partial charge in [0.25, 0.3) is 5.91 Å². The van der Waals surface area contributed by atoms with Gasteiger partial charge in [0.1, 0.15) is 5.75 Å².